The van der Waals surface area contributed by atoms with Gasteiger partial charge in [-0.2, -0.15) is 12.6 Å². The lowest BCUT2D eigenvalue weighted by Crippen LogP contribution is -2.28. The predicted molar refractivity (Wildman–Crippen MR) is 66.2 cm³/mol. The van der Waals surface area contributed by atoms with E-state index >= 15 is 0 Å². The quantitative estimate of drug-likeness (QED) is 0.617. The smallest absolute Gasteiger partial charge is 0.0946 e. The molecule has 1 saturated carbocycles. The fourth-order valence-corrected chi connectivity index (χ4v) is 3.03. The van der Waals surface area contributed by atoms with Crippen LogP contribution in [0.3, 0.4) is 0 Å². The molecule has 84 valence electrons. The largest absolute Gasteiger partial charge is 0.337 e. The molecule has 0 spiro atoms. The topological polar surface area (TPSA) is 17.8 Å². The molecule has 0 bridgehead atoms. The van der Waals surface area contributed by atoms with Gasteiger partial charge in [-0.3, -0.25) is 0 Å². The lowest BCUT2D eigenvalue weighted by molar-refractivity contribution is 0.241. The summed E-state index contributed by atoms with van der Waals surface area (Å²) in [6.45, 7) is 1.09. The number of aromatic nitrogens is 2. The molecule has 1 aromatic rings. The second-order valence-corrected chi connectivity index (χ2v) is 5.12. The van der Waals surface area contributed by atoms with Crippen LogP contribution >= 0.6 is 12.6 Å². The second-order valence-electron chi connectivity index (χ2n) is 4.81. The van der Waals surface area contributed by atoms with Gasteiger partial charge in [0.05, 0.1) is 6.33 Å². The van der Waals surface area contributed by atoms with Crippen LogP contribution in [0.15, 0.2) is 18.7 Å². The van der Waals surface area contributed by atoms with Crippen molar-refractivity contribution in [2.45, 2.75) is 45.1 Å². The highest BCUT2D eigenvalue weighted by Gasteiger charge is 2.29. The number of nitrogens with zero attached hydrogens (tertiary/aromatic N) is 2. The van der Waals surface area contributed by atoms with Crippen molar-refractivity contribution in [1.82, 2.24) is 9.55 Å². The maximum absolute atomic E-state index is 4.57. The summed E-state index contributed by atoms with van der Waals surface area (Å²) in [6.07, 6.45) is 14.1. The van der Waals surface area contributed by atoms with E-state index in [1.807, 2.05) is 12.5 Å². The maximum Gasteiger partial charge on any atom is 0.0946 e. The number of hydrogen-bond donors (Lipinski definition) is 1. The third kappa shape index (κ3) is 2.77. The van der Waals surface area contributed by atoms with Gasteiger partial charge in [0, 0.05) is 18.9 Å². The van der Waals surface area contributed by atoms with Crippen LogP contribution in [0.5, 0.6) is 0 Å². The molecule has 3 heteroatoms. The van der Waals surface area contributed by atoms with Crippen LogP contribution in [0.1, 0.15) is 38.5 Å². The van der Waals surface area contributed by atoms with E-state index in [9.17, 15) is 0 Å². The Kier molecular flexibility index (Phi) is 3.73. The molecule has 1 heterocycles. The molecule has 2 nitrogen and oxygen atoms in total. The zero-order chi connectivity index (χ0) is 10.6. The molecular formula is C12H20N2S. The van der Waals surface area contributed by atoms with Crippen molar-refractivity contribution in [1.29, 1.82) is 0 Å². The zero-order valence-corrected chi connectivity index (χ0v) is 10.1. The number of hydrogen-bond acceptors (Lipinski definition) is 2. The van der Waals surface area contributed by atoms with Gasteiger partial charge in [-0.15, -0.1) is 0 Å². The van der Waals surface area contributed by atoms with Crippen LogP contribution in [-0.2, 0) is 6.54 Å². The summed E-state index contributed by atoms with van der Waals surface area (Å²) in [6, 6.07) is 0. The van der Waals surface area contributed by atoms with Gasteiger partial charge >= 0.3 is 0 Å². The standard InChI is InChI=1S/C12H20N2S/c15-10-12(5-3-1-2-4-6-12)9-14-8-7-13-11-14/h7-8,11,15H,1-6,9-10H2. The van der Waals surface area contributed by atoms with Crippen LogP contribution in [0.25, 0.3) is 0 Å². The third-order valence-corrected chi connectivity index (χ3v) is 4.25. The normalized spacial score (nSPS) is 21.1. The minimum atomic E-state index is 0.417. The Labute approximate surface area is 97.5 Å². The first-order chi connectivity index (χ1) is 7.35. The summed E-state index contributed by atoms with van der Waals surface area (Å²) >= 11 is 4.57. The van der Waals surface area contributed by atoms with Crippen molar-refractivity contribution < 1.29 is 0 Å². The lowest BCUT2D eigenvalue weighted by Gasteiger charge is -2.31. The van der Waals surface area contributed by atoms with Crippen LogP contribution in [0.4, 0.5) is 0 Å². The number of imidazole rings is 1. The van der Waals surface area contributed by atoms with E-state index in [1.54, 1.807) is 0 Å². The average Bonchev–Trinajstić information content (AvgIpc) is 2.64. The highest BCUT2D eigenvalue weighted by molar-refractivity contribution is 7.80. The minimum Gasteiger partial charge on any atom is -0.337 e. The molecule has 1 aliphatic carbocycles. The molecule has 0 radical (unpaired) electrons. The van der Waals surface area contributed by atoms with E-state index in [0.717, 1.165) is 12.3 Å². The Morgan fingerprint density at radius 1 is 1.20 bits per heavy atom. The first-order valence-corrected chi connectivity index (χ1v) is 6.55. The van der Waals surface area contributed by atoms with E-state index in [1.165, 1.54) is 38.5 Å². The molecule has 0 aliphatic heterocycles. The predicted octanol–water partition coefficient (Wildman–Crippen LogP) is 3.15. The van der Waals surface area contributed by atoms with Gasteiger partial charge in [0.15, 0.2) is 0 Å². The molecule has 1 fully saturated rings. The van der Waals surface area contributed by atoms with Gasteiger partial charge in [-0.05, 0) is 24.0 Å². The monoisotopic (exact) mass is 224 g/mol. The molecule has 1 aromatic heterocycles. The molecule has 0 amide bonds. The molecule has 0 atom stereocenters. The van der Waals surface area contributed by atoms with Gasteiger partial charge in [0.25, 0.3) is 0 Å². The molecule has 0 aromatic carbocycles. The van der Waals surface area contributed by atoms with E-state index in [4.69, 9.17) is 0 Å². The zero-order valence-electron chi connectivity index (χ0n) is 9.23. The first-order valence-electron chi connectivity index (χ1n) is 5.91. The molecule has 2 rings (SSSR count). The van der Waals surface area contributed by atoms with Crippen LogP contribution in [0, 0.1) is 5.41 Å². The van der Waals surface area contributed by atoms with Crippen molar-refractivity contribution in [2.24, 2.45) is 5.41 Å². The van der Waals surface area contributed by atoms with Crippen LogP contribution in [0.2, 0.25) is 0 Å². The van der Waals surface area contributed by atoms with E-state index in [-0.39, 0.29) is 0 Å². The van der Waals surface area contributed by atoms with Gasteiger partial charge in [0.1, 0.15) is 0 Å². The molecule has 0 unspecified atom stereocenters. The summed E-state index contributed by atoms with van der Waals surface area (Å²) in [7, 11) is 0. The summed E-state index contributed by atoms with van der Waals surface area (Å²) in [4.78, 5) is 4.11. The number of thiol groups is 1. The Morgan fingerprint density at radius 3 is 2.47 bits per heavy atom. The van der Waals surface area contributed by atoms with Crippen molar-refractivity contribution in [2.75, 3.05) is 5.75 Å². The number of rotatable bonds is 3. The van der Waals surface area contributed by atoms with E-state index < -0.39 is 0 Å². The summed E-state index contributed by atoms with van der Waals surface area (Å²) in [5.41, 5.74) is 0.417. The second kappa shape index (κ2) is 5.06. The summed E-state index contributed by atoms with van der Waals surface area (Å²) < 4.78 is 2.21. The third-order valence-electron chi connectivity index (χ3n) is 3.58. The Balaban J connectivity index is 2.05. The minimum absolute atomic E-state index is 0.417. The Bertz CT molecular complexity index is 274. The van der Waals surface area contributed by atoms with Gasteiger partial charge < -0.3 is 4.57 Å². The molecule has 0 N–H and O–H groups in total. The average molecular weight is 224 g/mol. The summed E-state index contributed by atoms with van der Waals surface area (Å²) in [5.74, 6) is 1.01. The van der Waals surface area contributed by atoms with Crippen LogP contribution < -0.4 is 0 Å². The van der Waals surface area contributed by atoms with Gasteiger partial charge in [0.2, 0.25) is 0 Å². The highest BCUT2D eigenvalue weighted by atomic mass is 32.1. The van der Waals surface area contributed by atoms with Crippen molar-refractivity contribution in [3.05, 3.63) is 18.7 Å². The lowest BCUT2D eigenvalue weighted by atomic mass is 9.82. The fraction of sp³-hybridized carbons (Fsp3) is 0.750. The Morgan fingerprint density at radius 2 is 1.93 bits per heavy atom. The molecule has 15 heavy (non-hydrogen) atoms. The SMILES string of the molecule is SCC1(Cn2ccnc2)CCCCCC1. The molecule has 0 saturated heterocycles. The van der Waals surface area contributed by atoms with Gasteiger partial charge in [-0.25, -0.2) is 4.98 Å². The van der Waals surface area contributed by atoms with Crippen molar-refractivity contribution >= 4 is 12.6 Å². The first kappa shape index (κ1) is 11.1. The maximum atomic E-state index is 4.57. The molecular weight excluding hydrogens is 204 g/mol. The highest BCUT2D eigenvalue weighted by Crippen LogP contribution is 2.37. The van der Waals surface area contributed by atoms with Gasteiger partial charge in [-0.1, -0.05) is 25.7 Å². The molecule has 1 aliphatic rings. The van der Waals surface area contributed by atoms with E-state index in [2.05, 4.69) is 28.4 Å². The van der Waals surface area contributed by atoms with E-state index in [0.29, 0.717) is 5.41 Å². The van der Waals surface area contributed by atoms with Crippen molar-refractivity contribution in [3.63, 3.8) is 0 Å². The van der Waals surface area contributed by atoms with Crippen molar-refractivity contribution in [3.8, 4) is 0 Å². The van der Waals surface area contributed by atoms with Crippen LogP contribution in [-0.4, -0.2) is 15.3 Å². The Hall–Kier alpha value is -0.440. The summed E-state index contributed by atoms with van der Waals surface area (Å²) in [5, 5.41) is 0. The fourth-order valence-electron chi connectivity index (χ4n) is 2.61.